The first kappa shape index (κ1) is 86.9. The van der Waals surface area contributed by atoms with Crippen LogP contribution in [-0.2, 0) is 14.3 Å². The van der Waals surface area contributed by atoms with Crippen LogP contribution in [0.3, 0.4) is 0 Å². The van der Waals surface area contributed by atoms with Crippen molar-refractivity contribution < 1.29 is 24.5 Å². The number of aliphatic hydroxyl groups is 1. The summed E-state index contributed by atoms with van der Waals surface area (Å²) in [7, 11) is 0. The van der Waals surface area contributed by atoms with Gasteiger partial charge in [-0.25, -0.2) is 0 Å². The van der Waals surface area contributed by atoms with E-state index in [1.165, 1.54) is 411 Å². The van der Waals surface area contributed by atoms with Crippen molar-refractivity contribution in [2.24, 2.45) is 23.7 Å². The number of esters is 1. The molecule has 0 saturated heterocycles. The van der Waals surface area contributed by atoms with E-state index in [0.29, 0.717) is 19.3 Å². The number of aliphatic hydroxyl groups excluding tert-OH is 1. The van der Waals surface area contributed by atoms with Crippen LogP contribution in [0.25, 0.3) is 0 Å². The number of hydrogen-bond acceptors (Lipinski definition) is 4. The summed E-state index contributed by atoms with van der Waals surface area (Å²) in [6.45, 7) is 9.25. The van der Waals surface area contributed by atoms with E-state index in [9.17, 15) is 19.8 Å². The molecule has 0 spiro atoms. The largest absolute Gasteiger partial charge is 0.481 e. The van der Waals surface area contributed by atoms with Gasteiger partial charge < -0.3 is 14.9 Å². The second-order valence-corrected chi connectivity index (χ2v) is 30.8. The summed E-state index contributed by atoms with van der Waals surface area (Å²) in [6.07, 6.45) is 96.8. The average molecular weight is 1270 g/mol. The van der Waals surface area contributed by atoms with E-state index >= 15 is 0 Å². The Kier molecular flexibility index (Phi) is 68.3. The Hall–Kier alpha value is -1.10. The number of carbonyl (C=O) groups excluding carboxylic acids is 1. The van der Waals surface area contributed by atoms with E-state index in [1.807, 2.05) is 0 Å². The third-order valence-electron chi connectivity index (χ3n) is 21.8. The maximum absolute atomic E-state index is 12.4. The van der Waals surface area contributed by atoms with Crippen LogP contribution in [0.15, 0.2) is 0 Å². The number of unbranched alkanes of at least 4 members (excludes halogenated alkanes) is 62. The summed E-state index contributed by atoms with van der Waals surface area (Å²) in [5, 5.41) is 20.6. The lowest BCUT2D eigenvalue weighted by Gasteiger charge is -2.19. The van der Waals surface area contributed by atoms with Crippen molar-refractivity contribution >= 4 is 11.9 Å². The van der Waals surface area contributed by atoms with Gasteiger partial charge in [-0.15, -0.1) is 0 Å². The molecule has 1 aliphatic carbocycles. The average Bonchev–Trinajstić information content (AvgIpc) is 3.23. The third-order valence-corrected chi connectivity index (χ3v) is 21.8. The summed E-state index contributed by atoms with van der Waals surface area (Å²) in [6, 6.07) is 0. The molecule has 5 heteroatoms. The minimum absolute atomic E-state index is 0.0271. The summed E-state index contributed by atoms with van der Waals surface area (Å²) in [5.74, 6) is 1.69. The third kappa shape index (κ3) is 63.0. The molecule has 536 valence electrons. The second kappa shape index (κ2) is 70.7. The van der Waals surface area contributed by atoms with Gasteiger partial charge in [0, 0.05) is 6.42 Å². The molecule has 0 aromatic carbocycles. The van der Waals surface area contributed by atoms with Gasteiger partial charge in [0.05, 0.1) is 18.1 Å². The fourth-order valence-corrected chi connectivity index (χ4v) is 15.2. The fourth-order valence-electron chi connectivity index (χ4n) is 15.2. The molecule has 0 aromatic rings. The number of aliphatic carboxylic acids is 1. The standard InChI is InChI=1S/C85H166O5/c1-5-7-9-11-13-15-17-19-21-23-24-25-26-31-38-44-50-56-62-68-74-81(85(88)89)83(86)75-69-63-57-51-45-39-34-33-37-43-49-55-61-67-73-80-77-82(80)78(3)71-65-59-53-47-41-35-29-27-28-32-40-46-52-58-64-70-76-84(87)90-79(4)72-66-60-54-48-42-36-30-22-20-18-16-14-12-10-8-6-2/h78-83,86H,5-77H2,1-4H3,(H,88,89)/t78-,79-,80-,81+,82+,83+/m0/s1. The minimum atomic E-state index is -0.801. The van der Waals surface area contributed by atoms with Crippen LogP contribution in [0.1, 0.15) is 496 Å². The molecular formula is C85H166O5. The number of hydrogen-bond donors (Lipinski definition) is 2. The van der Waals surface area contributed by atoms with E-state index in [1.54, 1.807) is 0 Å². The van der Waals surface area contributed by atoms with Gasteiger partial charge in [-0.3, -0.25) is 9.59 Å². The molecule has 0 amide bonds. The van der Waals surface area contributed by atoms with Gasteiger partial charge in [0.2, 0.25) is 0 Å². The normalized spacial score (nSPS) is 15.4. The van der Waals surface area contributed by atoms with Crippen LogP contribution < -0.4 is 0 Å². The Morgan fingerprint density at radius 1 is 0.322 bits per heavy atom. The highest BCUT2D eigenvalue weighted by molar-refractivity contribution is 5.70. The van der Waals surface area contributed by atoms with Crippen molar-refractivity contribution in [3.63, 3.8) is 0 Å². The number of carboxylic acid groups (broad SMARTS) is 1. The molecule has 90 heavy (non-hydrogen) atoms. The van der Waals surface area contributed by atoms with Crippen molar-refractivity contribution in [3.05, 3.63) is 0 Å². The van der Waals surface area contributed by atoms with Crippen molar-refractivity contribution in [3.8, 4) is 0 Å². The number of rotatable bonds is 78. The zero-order chi connectivity index (χ0) is 64.9. The summed E-state index contributed by atoms with van der Waals surface area (Å²) in [4.78, 5) is 24.3. The highest BCUT2D eigenvalue weighted by atomic mass is 16.5. The lowest BCUT2D eigenvalue weighted by Crippen LogP contribution is -2.28. The Labute approximate surface area is 565 Å². The number of carboxylic acids is 1. The Bertz CT molecular complexity index is 1410. The lowest BCUT2D eigenvalue weighted by molar-refractivity contribution is -0.149. The Morgan fingerprint density at radius 2 is 0.567 bits per heavy atom. The first-order chi connectivity index (χ1) is 44.3. The van der Waals surface area contributed by atoms with E-state index in [0.717, 1.165) is 56.3 Å². The van der Waals surface area contributed by atoms with E-state index < -0.39 is 18.0 Å². The van der Waals surface area contributed by atoms with Crippen molar-refractivity contribution in [2.75, 3.05) is 0 Å². The molecule has 1 aliphatic rings. The first-order valence-electron chi connectivity index (χ1n) is 42.4. The van der Waals surface area contributed by atoms with Crippen LogP contribution in [-0.4, -0.2) is 34.4 Å². The topological polar surface area (TPSA) is 83.8 Å². The molecule has 0 bridgehead atoms. The number of carbonyl (C=O) groups is 2. The van der Waals surface area contributed by atoms with Crippen molar-refractivity contribution in [1.82, 2.24) is 0 Å². The van der Waals surface area contributed by atoms with Crippen molar-refractivity contribution in [1.29, 1.82) is 0 Å². The Morgan fingerprint density at radius 3 is 0.867 bits per heavy atom. The van der Waals surface area contributed by atoms with Gasteiger partial charge in [0.15, 0.2) is 0 Å². The van der Waals surface area contributed by atoms with Crippen molar-refractivity contribution in [2.45, 2.75) is 509 Å². The molecule has 5 nitrogen and oxygen atoms in total. The Balaban J connectivity index is 1.77. The maximum Gasteiger partial charge on any atom is 0.309 e. The van der Waals surface area contributed by atoms with Gasteiger partial charge in [0.1, 0.15) is 0 Å². The van der Waals surface area contributed by atoms with Crippen LogP contribution in [0.4, 0.5) is 0 Å². The molecule has 1 saturated carbocycles. The highest BCUT2D eigenvalue weighted by Gasteiger charge is 2.39. The van der Waals surface area contributed by atoms with Gasteiger partial charge >= 0.3 is 11.9 Å². The van der Waals surface area contributed by atoms with Gasteiger partial charge in [-0.2, -0.15) is 0 Å². The molecule has 2 N–H and O–H groups in total. The van der Waals surface area contributed by atoms with Crippen LogP contribution in [0.5, 0.6) is 0 Å². The fraction of sp³-hybridized carbons (Fsp3) is 0.976. The number of ether oxygens (including phenoxy) is 1. The van der Waals surface area contributed by atoms with Crippen LogP contribution >= 0.6 is 0 Å². The van der Waals surface area contributed by atoms with Crippen LogP contribution in [0.2, 0.25) is 0 Å². The quantitative estimate of drug-likeness (QED) is 0.0468. The zero-order valence-electron chi connectivity index (χ0n) is 62.2. The zero-order valence-corrected chi connectivity index (χ0v) is 62.2. The predicted octanol–water partition coefficient (Wildman–Crippen LogP) is 29.4. The molecule has 0 radical (unpaired) electrons. The van der Waals surface area contributed by atoms with Crippen LogP contribution in [0, 0.1) is 23.7 Å². The second-order valence-electron chi connectivity index (χ2n) is 30.8. The lowest BCUT2D eigenvalue weighted by atomic mass is 9.91. The summed E-state index contributed by atoms with van der Waals surface area (Å²) < 4.78 is 5.73. The van der Waals surface area contributed by atoms with Gasteiger partial charge in [-0.05, 0) is 63.2 Å². The first-order valence-corrected chi connectivity index (χ1v) is 42.4. The summed E-state index contributed by atoms with van der Waals surface area (Å²) >= 11 is 0. The van der Waals surface area contributed by atoms with E-state index in [-0.39, 0.29) is 12.1 Å². The molecular weight excluding hydrogens is 1100 g/mol. The molecule has 1 rings (SSSR count). The molecule has 0 unspecified atom stereocenters. The molecule has 6 atom stereocenters. The molecule has 0 aliphatic heterocycles. The van der Waals surface area contributed by atoms with Gasteiger partial charge in [-0.1, -0.05) is 445 Å². The molecule has 0 aromatic heterocycles. The highest BCUT2D eigenvalue weighted by Crippen LogP contribution is 2.49. The minimum Gasteiger partial charge on any atom is -0.481 e. The smallest absolute Gasteiger partial charge is 0.309 e. The van der Waals surface area contributed by atoms with Gasteiger partial charge in [0.25, 0.3) is 0 Å². The molecule has 1 fully saturated rings. The molecule has 0 heterocycles. The van der Waals surface area contributed by atoms with E-state index in [2.05, 4.69) is 27.7 Å². The SMILES string of the molecule is CCCCCCCCCCCCCCCCCCCCCC[C@@H](C(=O)O)[C@H](O)CCCCCCCCCCCCCCCC[C@H]1C[C@@H]1[C@@H](C)CCCCCCCCCCCCCCCCCCC(=O)O[C@@H](C)CCCCCCCCCCCCCCCCCC. The summed E-state index contributed by atoms with van der Waals surface area (Å²) in [5.41, 5.74) is 0. The predicted molar refractivity (Wildman–Crippen MR) is 397 cm³/mol. The maximum atomic E-state index is 12.4. The monoisotopic (exact) mass is 1270 g/mol. The van der Waals surface area contributed by atoms with E-state index in [4.69, 9.17) is 4.74 Å².